The number of hydrogen-bond acceptors (Lipinski definition) is 1. The molecule has 0 fully saturated rings. The number of carbonyl (C=O) groups excluding carboxylic acids is 1. The van der Waals surface area contributed by atoms with Crippen molar-refractivity contribution in [3.63, 3.8) is 0 Å². The summed E-state index contributed by atoms with van der Waals surface area (Å²) in [6.07, 6.45) is 6.93. The first-order chi connectivity index (χ1) is 6.83. The minimum absolute atomic E-state index is 0.000139. The number of rotatable bonds is 4. The van der Waals surface area contributed by atoms with Gasteiger partial charge in [-0.25, -0.2) is 0 Å². The first-order valence-electron chi connectivity index (χ1n) is 4.52. The van der Waals surface area contributed by atoms with E-state index in [1.165, 1.54) is 0 Å². The number of anilines is 1. The van der Waals surface area contributed by atoms with E-state index in [1.807, 2.05) is 12.1 Å². The van der Waals surface area contributed by atoms with Crippen LogP contribution in [-0.4, -0.2) is 5.91 Å². The fourth-order valence-electron chi connectivity index (χ4n) is 1.05. The van der Waals surface area contributed by atoms with E-state index in [4.69, 9.17) is 6.42 Å². The molecule has 1 rings (SSSR count). The zero-order chi connectivity index (χ0) is 10.2. The summed E-state index contributed by atoms with van der Waals surface area (Å²) >= 11 is 0. The molecule has 1 amide bonds. The summed E-state index contributed by atoms with van der Waals surface area (Å²) in [4.78, 5) is 11.3. The number of nitrogens with one attached hydrogen (secondary N) is 1. The van der Waals surface area contributed by atoms with Gasteiger partial charge in [0.05, 0.1) is 0 Å². The highest BCUT2D eigenvalue weighted by molar-refractivity contribution is 5.90. The van der Waals surface area contributed by atoms with E-state index in [2.05, 4.69) is 17.3 Å². The predicted molar refractivity (Wildman–Crippen MR) is 56.6 cm³/mol. The molecule has 0 saturated carbocycles. The molecule has 2 nitrogen and oxygen atoms in total. The molecule has 0 unspecified atom stereocenters. The Morgan fingerprint density at radius 2 is 2.50 bits per heavy atom. The van der Waals surface area contributed by atoms with E-state index in [0.717, 1.165) is 12.1 Å². The molecule has 0 aromatic heterocycles. The SMILES string of the molecule is C#CCCCC(=O)Nc1c[c]ccc1. The van der Waals surface area contributed by atoms with Gasteiger partial charge in [-0.05, 0) is 24.6 Å². The molecule has 1 radical (unpaired) electrons. The molecular weight excluding hydrogens is 174 g/mol. The fourth-order valence-corrected chi connectivity index (χ4v) is 1.05. The topological polar surface area (TPSA) is 29.1 Å². The molecule has 71 valence electrons. The molecule has 0 aliphatic carbocycles. The highest BCUT2D eigenvalue weighted by atomic mass is 16.1. The summed E-state index contributed by atoms with van der Waals surface area (Å²) in [5, 5.41) is 2.76. The summed E-state index contributed by atoms with van der Waals surface area (Å²) in [5.74, 6) is 2.50. The van der Waals surface area contributed by atoms with Crippen LogP contribution in [0.5, 0.6) is 0 Å². The molecule has 0 atom stereocenters. The maximum atomic E-state index is 11.3. The molecule has 0 aliphatic rings. The van der Waals surface area contributed by atoms with Gasteiger partial charge < -0.3 is 5.32 Å². The Balaban J connectivity index is 2.32. The second kappa shape index (κ2) is 5.82. The van der Waals surface area contributed by atoms with Crippen LogP contribution < -0.4 is 5.32 Å². The zero-order valence-corrected chi connectivity index (χ0v) is 7.92. The summed E-state index contributed by atoms with van der Waals surface area (Å²) in [7, 11) is 0. The maximum absolute atomic E-state index is 11.3. The standard InChI is InChI=1S/C12H12NO/c1-2-3-5-10-12(14)13-11-8-6-4-7-9-11/h1,4,6,8-9H,3,5,10H2,(H,13,14). The Hall–Kier alpha value is -1.75. The highest BCUT2D eigenvalue weighted by Gasteiger charge is 2.00. The van der Waals surface area contributed by atoms with E-state index < -0.39 is 0 Å². The maximum Gasteiger partial charge on any atom is 0.224 e. The van der Waals surface area contributed by atoms with Crippen LogP contribution in [0.1, 0.15) is 19.3 Å². The number of carbonyl (C=O) groups is 1. The minimum Gasteiger partial charge on any atom is -0.326 e. The Bertz CT molecular complexity index is 324. The van der Waals surface area contributed by atoms with Crippen LogP contribution in [-0.2, 0) is 4.79 Å². The largest absolute Gasteiger partial charge is 0.326 e. The predicted octanol–water partition coefficient (Wildman–Crippen LogP) is 2.23. The summed E-state index contributed by atoms with van der Waals surface area (Å²) in [6, 6.07) is 10.1. The average Bonchev–Trinajstić information content (AvgIpc) is 2.20. The lowest BCUT2D eigenvalue weighted by atomic mass is 10.2. The number of amides is 1. The van der Waals surface area contributed by atoms with Crippen molar-refractivity contribution in [2.75, 3.05) is 5.32 Å². The second-order valence-corrected chi connectivity index (χ2v) is 2.90. The van der Waals surface area contributed by atoms with Crippen molar-refractivity contribution in [2.45, 2.75) is 19.3 Å². The zero-order valence-electron chi connectivity index (χ0n) is 7.92. The van der Waals surface area contributed by atoms with Gasteiger partial charge in [-0.15, -0.1) is 12.3 Å². The van der Waals surface area contributed by atoms with Crippen molar-refractivity contribution in [1.29, 1.82) is 0 Å². The molecule has 1 aromatic carbocycles. The molecule has 2 heteroatoms. The Morgan fingerprint density at radius 3 is 3.14 bits per heavy atom. The Kier molecular flexibility index (Phi) is 4.30. The van der Waals surface area contributed by atoms with Gasteiger partial charge in [0.1, 0.15) is 0 Å². The quantitative estimate of drug-likeness (QED) is 0.567. The highest BCUT2D eigenvalue weighted by Crippen LogP contribution is 2.05. The van der Waals surface area contributed by atoms with E-state index in [9.17, 15) is 4.79 Å². The van der Waals surface area contributed by atoms with Crippen LogP contribution >= 0.6 is 0 Å². The first kappa shape index (κ1) is 10.3. The lowest BCUT2D eigenvalue weighted by Crippen LogP contribution is -2.10. The lowest BCUT2D eigenvalue weighted by molar-refractivity contribution is -0.116. The number of terminal acetylenes is 1. The van der Waals surface area contributed by atoms with Gasteiger partial charge in [0.15, 0.2) is 0 Å². The third-order valence-electron chi connectivity index (χ3n) is 1.72. The van der Waals surface area contributed by atoms with E-state index >= 15 is 0 Å². The van der Waals surface area contributed by atoms with Crippen molar-refractivity contribution < 1.29 is 4.79 Å². The molecular formula is C12H12NO. The molecule has 0 saturated heterocycles. The van der Waals surface area contributed by atoms with Gasteiger partial charge in [0.25, 0.3) is 0 Å². The van der Waals surface area contributed by atoms with E-state index in [-0.39, 0.29) is 5.91 Å². The molecule has 14 heavy (non-hydrogen) atoms. The molecule has 1 aromatic rings. The first-order valence-corrected chi connectivity index (χ1v) is 4.52. The number of hydrogen-bond donors (Lipinski definition) is 1. The lowest BCUT2D eigenvalue weighted by Gasteiger charge is -2.02. The van der Waals surface area contributed by atoms with Crippen LogP contribution in [0.2, 0.25) is 0 Å². The van der Waals surface area contributed by atoms with E-state index in [0.29, 0.717) is 12.8 Å². The van der Waals surface area contributed by atoms with Crippen LogP contribution in [0.3, 0.4) is 0 Å². The Labute approximate surface area is 84.3 Å². The third-order valence-corrected chi connectivity index (χ3v) is 1.72. The normalized spacial score (nSPS) is 9.07. The fraction of sp³-hybridized carbons (Fsp3) is 0.250. The van der Waals surface area contributed by atoms with Gasteiger partial charge in [0.2, 0.25) is 5.91 Å². The molecule has 1 N–H and O–H groups in total. The molecule has 0 bridgehead atoms. The van der Waals surface area contributed by atoms with Gasteiger partial charge in [-0.3, -0.25) is 4.79 Å². The van der Waals surface area contributed by atoms with Crippen molar-refractivity contribution >= 4 is 11.6 Å². The van der Waals surface area contributed by atoms with Gasteiger partial charge in [0, 0.05) is 18.5 Å². The van der Waals surface area contributed by atoms with Crippen molar-refractivity contribution in [3.8, 4) is 12.3 Å². The summed E-state index contributed by atoms with van der Waals surface area (Å²) in [6.45, 7) is 0. The molecule has 0 heterocycles. The number of unbranched alkanes of at least 4 members (excludes halogenated alkanes) is 1. The molecule has 0 spiro atoms. The summed E-state index contributed by atoms with van der Waals surface area (Å²) in [5.41, 5.74) is 0.776. The smallest absolute Gasteiger partial charge is 0.224 e. The van der Waals surface area contributed by atoms with Crippen molar-refractivity contribution in [1.82, 2.24) is 0 Å². The van der Waals surface area contributed by atoms with Crippen molar-refractivity contribution in [2.24, 2.45) is 0 Å². The average molecular weight is 186 g/mol. The summed E-state index contributed by atoms with van der Waals surface area (Å²) < 4.78 is 0. The minimum atomic E-state index is -0.000139. The van der Waals surface area contributed by atoms with Gasteiger partial charge in [-0.2, -0.15) is 0 Å². The number of benzene rings is 1. The monoisotopic (exact) mass is 186 g/mol. The molecule has 0 aliphatic heterocycles. The third kappa shape index (κ3) is 3.77. The Morgan fingerprint density at radius 1 is 1.64 bits per heavy atom. The van der Waals surface area contributed by atoms with Crippen LogP contribution in [0.4, 0.5) is 5.69 Å². The van der Waals surface area contributed by atoms with Crippen LogP contribution in [0.15, 0.2) is 24.3 Å². The van der Waals surface area contributed by atoms with E-state index in [1.54, 1.807) is 12.1 Å². The van der Waals surface area contributed by atoms with Gasteiger partial charge in [-0.1, -0.05) is 12.1 Å². The van der Waals surface area contributed by atoms with Crippen LogP contribution in [0.25, 0.3) is 0 Å². The van der Waals surface area contributed by atoms with Crippen molar-refractivity contribution in [3.05, 3.63) is 30.3 Å². The second-order valence-electron chi connectivity index (χ2n) is 2.90. The van der Waals surface area contributed by atoms with Gasteiger partial charge >= 0.3 is 0 Å². The van der Waals surface area contributed by atoms with Crippen LogP contribution in [0, 0.1) is 18.4 Å².